The number of carbonyl (C=O) groups is 1. The summed E-state index contributed by atoms with van der Waals surface area (Å²) in [5.74, 6) is -0.206. The molecule has 1 aromatic heterocycles. The number of carbonyl (C=O) groups excluding carboxylic acids is 1. The van der Waals surface area contributed by atoms with Gasteiger partial charge in [0, 0.05) is 24.8 Å². The van der Waals surface area contributed by atoms with Crippen LogP contribution in [-0.2, 0) is 9.53 Å². The molecular weight excluding hydrogens is 234 g/mol. The molecule has 96 valence electrons. The van der Waals surface area contributed by atoms with Crippen LogP contribution in [0.4, 0.5) is 0 Å². The van der Waals surface area contributed by atoms with Gasteiger partial charge in [0.2, 0.25) is 0 Å². The van der Waals surface area contributed by atoms with E-state index in [2.05, 4.69) is 18.7 Å². The van der Waals surface area contributed by atoms with Crippen LogP contribution >= 0.6 is 11.3 Å². The molecule has 1 heterocycles. The Morgan fingerprint density at radius 2 is 2.18 bits per heavy atom. The van der Waals surface area contributed by atoms with Crippen molar-refractivity contribution in [2.24, 2.45) is 0 Å². The van der Waals surface area contributed by atoms with E-state index in [1.54, 1.807) is 11.3 Å². The summed E-state index contributed by atoms with van der Waals surface area (Å²) in [4.78, 5) is 14.6. The Balaban J connectivity index is 2.55. The summed E-state index contributed by atoms with van der Waals surface area (Å²) in [6.45, 7) is 8.80. The van der Waals surface area contributed by atoms with Crippen LogP contribution in [0.3, 0.4) is 0 Å². The summed E-state index contributed by atoms with van der Waals surface area (Å²) < 4.78 is 5.38. The molecule has 0 aliphatic rings. The first kappa shape index (κ1) is 14.2. The van der Waals surface area contributed by atoms with Gasteiger partial charge >= 0.3 is 5.97 Å². The van der Waals surface area contributed by atoms with E-state index >= 15 is 0 Å². The minimum Gasteiger partial charge on any atom is -0.457 e. The molecule has 0 radical (unpaired) electrons. The lowest BCUT2D eigenvalue weighted by molar-refractivity contribution is -0.147. The minimum absolute atomic E-state index is 0.0897. The Labute approximate surface area is 107 Å². The number of esters is 1. The summed E-state index contributed by atoms with van der Waals surface area (Å²) in [5.41, 5.74) is 0. The van der Waals surface area contributed by atoms with E-state index < -0.39 is 0 Å². The maximum Gasteiger partial charge on any atom is 0.303 e. The van der Waals surface area contributed by atoms with E-state index in [1.807, 2.05) is 17.5 Å². The summed E-state index contributed by atoms with van der Waals surface area (Å²) >= 11 is 1.64. The van der Waals surface area contributed by atoms with Gasteiger partial charge in [-0.3, -0.25) is 4.79 Å². The highest BCUT2D eigenvalue weighted by Gasteiger charge is 2.16. The molecule has 0 N–H and O–H groups in total. The summed E-state index contributed by atoms with van der Waals surface area (Å²) in [7, 11) is 0. The second-order valence-corrected chi connectivity index (χ2v) is 4.91. The first-order chi connectivity index (χ1) is 8.17. The Morgan fingerprint density at radius 1 is 1.47 bits per heavy atom. The van der Waals surface area contributed by atoms with E-state index in [4.69, 9.17) is 4.74 Å². The second-order valence-electron chi connectivity index (χ2n) is 3.93. The molecule has 0 aromatic carbocycles. The fourth-order valence-electron chi connectivity index (χ4n) is 1.77. The number of hydrogen-bond acceptors (Lipinski definition) is 4. The van der Waals surface area contributed by atoms with Crippen LogP contribution in [0.25, 0.3) is 0 Å². The van der Waals surface area contributed by atoms with E-state index in [-0.39, 0.29) is 12.1 Å². The molecule has 0 amide bonds. The topological polar surface area (TPSA) is 29.5 Å². The zero-order valence-electron chi connectivity index (χ0n) is 10.8. The van der Waals surface area contributed by atoms with Gasteiger partial charge in [0.05, 0.1) is 0 Å². The van der Waals surface area contributed by atoms with Crippen LogP contribution < -0.4 is 0 Å². The molecule has 0 unspecified atom stereocenters. The van der Waals surface area contributed by atoms with Gasteiger partial charge in [-0.1, -0.05) is 19.9 Å². The molecule has 0 fully saturated rings. The average Bonchev–Trinajstić information content (AvgIpc) is 2.81. The van der Waals surface area contributed by atoms with Gasteiger partial charge in [0.25, 0.3) is 0 Å². The lowest BCUT2D eigenvalue weighted by Gasteiger charge is -2.22. The minimum atomic E-state index is -0.206. The zero-order chi connectivity index (χ0) is 12.7. The third-order valence-corrected chi connectivity index (χ3v) is 3.74. The number of rotatable bonds is 7. The molecule has 3 nitrogen and oxygen atoms in total. The van der Waals surface area contributed by atoms with Gasteiger partial charge in [0.15, 0.2) is 0 Å². The predicted octanol–water partition coefficient (Wildman–Crippen LogP) is 3.08. The van der Waals surface area contributed by atoms with Gasteiger partial charge in [-0.05, 0) is 24.5 Å². The van der Waals surface area contributed by atoms with Gasteiger partial charge in [-0.2, -0.15) is 0 Å². The summed E-state index contributed by atoms with van der Waals surface area (Å²) in [6, 6.07) is 4.02. The third-order valence-electron chi connectivity index (χ3n) is 2.77. The van der Waals surface area contributed by atoms with Crippen LogP contribution in [0.2, 0.25) is 0 Å². The molecular formula is C13H21NO2S. The van der Waals surface area contributed by atoms with Crippen molar-refractivity contribution in [3.8, 4) is 0 Å². The molecule has 0 bridgehead atoms. The highest BCUT2D eigenvalue weighted by atomic mass is 32.1. The van der Waals surface area contributed by atoms with E-state index in [9.17, 15) is 4.79 Å². The number of thiophene rings is 1. The van der Waals surface area contributed by atoms with Crippen molar-refractivity contribution in [3.05, 3.63) is 22.4 Å². The zero-order valence-corrected chi connectivity index (χ0v) is 11.6. The Bertz CT molecular complexity index is 320. The monoisotopic (exact) mass is 255 g/mol. The fourth-order valence-corrected chi connectivity index (χ4v) is 2.56. The SMILES string of the molecule is CCN(CC)CC[C@H](OC(C)=O)c1cccs1. The lowest BCUT2D eigenvalue weighted by atomic mass is 10.2. The van der Waals surface area contributed by atoms with Crippen LogP contribution in [0.5, 0.6) is 0 Å². The van der Waals surface area contributed by atoms with Crippen molar-refractivity contribution in [2.45, 2.75) is 33.3 Å². The third kappa shape index (κ3) is 4.88. The molecule has 0 saturated carbocycles. The first-order valence-corrected chi connectivity index (χ1v) is 6.98. The predicted molar refractivity (Wildman–Crippen MR) is 71.2 cm³/mol. The molecule has 1 rings (SSSR count). The average molecular weight is 255 g/mol. The highest BCUT2D eigenvalue weighted by Crippen LogP contribution is 2.26. The van der Waals surface area contributed by atoms with E-state index in [0.717, 1.165) is 30.9 Å². The molecule has 1 atom stereocenters. The van der Waals surface area contributed by atoms with Gasteiger partial charge < -0.3 is 9.64 Å². The quantitative estimate of drug-likeness (QED) is 0.701. The largest absolute Gasteiger partial charge is 0.457 e. The Kier molecular flexibility index (Phi) is 6.22. The number of hydrogen-bond donors (Lipinski definition) is 0. The number of ether oxygens (including phenoxy) is 1. The molecule has 0 spiro atoms. The van der Waals surface area contributed by atoms with Crippen molar-refractivity contribution < 1.29 is 9.53 Å². The van der Waals surface area contributed by atoms with Crippen LogP contribution in [0.1, 0.15) is 38.2 Å². The second kappa shape index (κ2) is 7.45. The van der Waals surface area contributed by atoms with Crippen molar-refractivity contribution in [1.82, 2.24) is 4.90 Å². The van der Waals surface area contributed by atoms with Gasteiger partial charge in [-0.25, -0.2) is 0 Å². The van der Waals surface area contributed by atoms with Crippen molar-refractivity contribution in [1.29, 1.82) is 0 Å². The highest BCUT2D eigenvalue weighted by molar-refractivity contribution is 7.10. The molecule has 17 heavy (non-hydrogen) atoms. The van der Waals surface area contributed by atoms with Crippen LogP contribution in [-0.4, -0.2) is 30.5 Å². The normalized spacial score (nSPS) is 12.7. The first-order valence-electron chi connectivity index (χ1n) is 6.10. The summed E-state index contributed by atoms with van der Waals surface area (Å²) in [6.07, 6.45) is 0.773. The van der Waals surface area contributed by atoms with Gasteiger partial charge in [0.1, 0.15) is 6.10 Å². The molecule has 4 heteroatoms. The Morgan fingerprint density at radius 3 is 2.65 bits per heavy atom. The standard InChI is InChI=1S/C13H21NO2S/c1-4-14(5-2)9-8-12(16-11(3)15)13-7-6-10-17-13/h6-7,10,12H,4-5,8-9H2,1-3H3/t12-/m0/s1. The van der Waals surface area contributed by atoms with Crippen molar-refractivity contribution in [3.63, 3.8) is 0 Å². The molecule has 0 saturated heterocycles. The van der Waals surface area contributed by atoms with Crippen molar-refractivity contribution >= 4 is 17.3 Å². The van der Waals surface area contributed by atoms with E-state index in [1.165, 1.54) is 6.92 Å². The number of nitrogens with zero attached hydrogens (tertiary/aromatic N) is 1. The molecule has 1 aromatic rings. The van der Waals surface area contributed by atoms with Crippen molar-refractivity contribution in [2.75, 3.05) is 19.6 Å². The lowest BCUT2D eigenvalue weighted by Crippen LogP contribution is -2.26. The smallest absolute Gasteiger partial charge is 0.303 e. The fraction of sp³-hybridized carbons (Fsp3) is 0.615. The van der Waals surface area contributed by atoms with Crippen LogP contribution in [0, 0.1) is 0 Å². The van der Waals surface area contributed by atoms with Crippen LogP contribution in [0.15, 0.2) is 17.5 Å². The molecule has 0 aliphatic carbocycles. The molecule has 0 aliphatic heterocycles. The Hall–Kier alpha value is -0.870. The van der Waals surface area contributed by atoms with E-state index in [0.29, 0.717) is 0 Å². The summed E-state index contributed by atoms with van der Waals surface area (Å²) in [5, 5.41) is 2.02. The maximum atomic E-state index is 11.1. The maximum absolute atomic E-state index is 11.1. The van der Waals surface area contributed by atoms with Gasteiger partial charge in [-0.15, -0.1) is 11.3 Å².